The van der Waals surface area contributed by atoms with Gasteiger partial charge in [-0.25, -0.2) is 4.79 Å². The van der Waals surface area contributed by atoms with E-state index in [-0.39, 0.29) is 5.91 Å². The van der Waals surface area contributed by atoms with Gasteiger partial charge in [-0.2, -0.15) is 0 Å². The van der Waals surface area contributed by atoms with Crippen LogP contribution in [0.4, 0.5) is 0 Å². The van der Waals surface area contributed by atoms with Crippen LogP contribution in [-0.4, -0.2) is 34.5 Å². The summed E-state index contributed by atoms with van der Waals surface area (Å²) < 4.78 is 5.30. The molecule has 0 bridgehead atoms. The van der Waals surface area contributed by atoms with Crippen LogP contribution < -0.4 is 0 Å². The maximum Gasteiger partial charge on any atom is 0.326 e. The summed E-state index contributed by atoms with van der Waals surface area (Å²) in [6.07, 6.45) is 4.18. The Hall–Kier alpha value is -2.04. The number of carbonyl (C=O) groups is 2. The smallest absolute Gasteiger partial charge is 0.326 e. The van der Waals surface area contributed by atoms with Gasteiger partial charge in [0.1, 0.15) is 17.6 Å². The van der Waals surface area contributed by atoms with Crippen LogP contribution in [0.2, 0.25) is 0 Å². The van der Waals surface area contributed by atoms with Crippen LogP contribution in [0.1, 0.15) is 24.4 Å². The molecule has 1 aliphatic rings. The van der Waals surface area contributed by atoms with E-state index >= 15 is 0 Å². The van der Waals surface area contributed by atoms with E-state index in [2.05, 4.69) is 0 Å². The molecule has 0 aromatic carbocycles. The lowest BCUT2D eigenvalue weighted by molar-refractivity contribution is -0.146. The molecule has 96 valence electrons. The van der Waals surface area contributed by atoms with Crippen molar-refractivity contribution >= 4 is 18.0 Å². The van der Waals surface area contributed by atoms with Gasteiger partial charge in [-0.1, -0.05) is 0 Å². The SMILES string of the molecule is Cc1ccc(C=CC(=O)N2CCC[C@@H]2C(=O)O)o1. The molecule has 5 heteroatoms. The molecule has 0 radical (unpaired) electrons. The molecule has 18 heavy (non-hydrogen) atoms. The second-order valence-corrected chi connectivity index (χ2v) is 4.31. The van der Waals surface area contributed by atoms with Gasteiger partial charge in [0.15, 0.2) is 0 Å². The lowest BCUT2D eigenvalue weighted by atomic mass is 10.2. The monoisotopic (exact) mass is 249 g/mol. The summed E-state index contributed by atoms with van der Waals surface area (Å²) in [5.74, 6) is 0.135. The van der Waals surface area contributed by atoms with E-state index in [4.69, 9.17) is 9.52 Å². The summed E-state index contributed by atoms with van der Waals surface area (Å²) in [7, 11) is 0. The van der Waals surface area contributed by atoms with E-state index in [1.54, 1.807) is 18.2 Å². The Bertz CT molecular complexity index is 489. The number of aliphatic carboxylic acids is 1. The molecule has 0 unspecified atom stereocenters. The van der Waals surface area contributed by atoms with E-state index in [0.29, 0.717) is 18.7 Å². The summed E-state index contributed by atoms with van der Waals surface area (Å²) in [6.45, 7) is 2.32. The first kappa shape index (κ1) is 12.4. The Morgan fingerprint density at radius 3 is 2.89 bits per heavy atom. The first-order chi connectivity index (χ1) is 8.58. The van der Waals surface area contributed by atoms with Gasteiger partial charge >= 0.3 is 5.97 Å². The van der Waals surface area contributed by atoms with Crippen LogP contribution in [0, 0.1) is 6.92 Å². The van der Waals surface area contributed by atoms with Gasteiger partial charge in [-0.15, -0.1) is 0 Å². The number of carboxylic acid groups (broad SMARTS) is 1. The standard InChI is InChI=1S/C13H15NO4/c1-9-4-5-10(18-9)6-7-12(15)14-8-2-3-11(14)13(16)17/h4-7,11H,2-3,8H2,1H3,(H,16,17)/t11-/m1/s1. The van der Waals surface area contributed by atoms with E-state index in [1.807, 2.05) is 6.92 Å². The molecule has 1 aromatic rings. The van der Waals surface area contributed by atoms with Crippen molar-refractivity contribution in [2.45, 2.75) is 25.8 Å². The predicted octanol–water partition coefficient (Wildman–Crippen LogP) is 1.68. The van der Waals surface area contributed by atoms with Crippen LogP contribution in [0.3, 0.4) is 0 Å². The molecule has 1 amide bonds. The van der Waals surface area contributed by atoms with Gasteiger partial charge in [-0.3, -0.25) is 4.79 Å². The number of carbonyl (C=O) groups excluding carboxylic acids is 1. The Morgan fingerprint density at radius 1 is 1.50 bits per heavy atom. The van der Waals surface area contributed by atoms with Crippen LogP contribution in [0.15, 0.2) is 22.6 Å². The number of furan rings is 1. The quantitative estimate of drug-likeness (QED) is 0.827. The third-order valence-corrected chi connectivity index (χ3v) is 2.97. The number of rotatable bonds is 3. The Balaban J connectivity index is 2.03. The lowest BCUT2D eigenvalue weighted by Crippen LogP contribution is -2.39. The maximum atomic E-state index is 11.9. The molecule has 0 spiro atoms. The van der Waals surface area contributed by atoms with E-state index in [0.717, 1.165) is 12.2 Å². The lowest BCUT2D eigenvalue weighted by Gasteiger charge is -2.19. The van der Waals surface area contributed by atoms with Gasteiger partial charge in [-0.05, 0) is 38.0 Å². The number of nitrogens with zero attached hydrogens (tertiary/aromatic N) is 1. The van der Waals surface area contributed by atoms with Crippen molar-refractivity contribution < 1.29 is 19.1 Å². The minimum Gasteiger partial charge on any atom is -0.480 e. The Labute approximate surface area is 105 Å². The summed E-state index contributed by atoms with van der Waals surface area (Å²) in [5.41, 5.74) is 0. The highest BCUT2D eigenvalue weighted by Gasteiger charge is 2.32. The van der Waals surface area contributed by atoms with Crippen molar-refractivity contribution in [3.8, 4) is 0 Å². The van der Waals surface area contributed by atoms with E-state index < -0.39 is 12.0 Å². The molecule has 1 N–H and O–H groups in total. The van der Waals surface area contributed by atoms with Gasteiger partial charge in [0.05, 0.1) is 0 Å². The van der Waals surface area contributed by atoms with Gasteiger partial charge < -0.3 is 14.4 Å². The van der Waals surface area contributed by atoms with Gasteiger partial charge in [0.25, 0.3) is 0 Å². The average Bonchev–Trinajstić information content (AvgIpc) is 2.94. The van der Waals surface area contributed by atoms with Crippen molar-refractivity contribution in [2.24, 2.45) is 0 Å². The van der Waals surface area contributed by atoms with Crippen molar-refractivity contribution in [1.82, 2.24) is 4.90 Å². The van der Waals surface area contributed by atoms with Crippen LogP contribution >= 0.6 is 0 Å². The number of hydrogen-bond acceptors (Lipinski definition) is 3. The molecule has 1 fully saturated rings. The second-order valence-electron chi connectivity index (χ2n) is 4.31. The first-order valence-corrected chi connectivity index (χ1v) is 5.86. The molecule has 1 aromatic heterocycles. The fourth-order valence-electron chi connectivity index (χ4n) is 2.08. The van der Waals surface area contributed by atoms with Crippen molar-refractivity contribution in [3.63, 3.8) is 0 Å². The predicted molar refractivity (Wildman–Crippen MR) is 64.8 cm³/mol. The molecule has 1 saturated heterocycles. The van der Waals surface area contributed by atoms with Crippen molar-refractivity contribution in [3.05, 3.63) is 29.7 Å². The number of aryl methyl sites for hydroxylation is 1. The Kier molecular flexibility index (Phi) is 3.50. The number of carboxylic acids is 1. The number of hydrogen-bond donors (Lipinski definition) is 1. The topological polar surface area (TPSA) is 70.8 Å². The van der Waals surface area contributed by atoms with Gasteiger partial charge in [0.2, 0.25) is 5.91 Å². The van der Waals surface area contributed by atoms with Crippen molar-refractivity contribution in [2.75, 3.05) is 6.54 Å². The maximum absolute atomic E-state index is 11.9. The average molecular weight is 249 g/mol. The fourth-order valence-corrected chi connectivity index (χ4v) is 2.08. The molecular weight excluding hydrogens is 234 g/mol. The molecule has 2 rings (SSSR count). The molecule has 5 nitrogen and oxygen atoms in total. The molecule has 1 atom stereocenters. The molecule has 1 aliphatic heterocycles. The Morgan fingerprint density at radius 2 is 2.28 bits per heavy atom. The third-order valence-electron chi connectivity index (χ3n) is 2.97. The fraction of sp³-hybridized carbons (Fsp3) is 0.385. The highest BCUT2D eigenvalue weighted by Crippen LogP contribution is 2.18. The zero-order chi connectivity index (χ0) is 13.1. The molecular formula is C13H15NO4. The third kappa shape index (κ3) is 2.61. The van der Waals surface area contributed by atoms with Gasteiger partial charge in [0, 0.05) is 12.6 Å². The van der Waals surface area contributed by atoms with E-state index in [1.165, 1.54) is 11.0 Å². The summed E-state index contributed by atoms with van der Waals surface area (Å²) in [4.78, 5) is 24.2. The molecule has 0 saturated carbocycles. The molecule has 2 heterocycles. The summed E-state index contributed by atoms with van der Waals surface area (Å²) in [5, 5.41) is 8.98. The second kappa shape index (κ2) is 5.08. The van der Waals surface area contributed by atoms with Crippen molar-refractivity contribution in [1.29, 1.82) is 0 Å². The zero-order valence-electron chi connectivity index (χ0n) is 10.1. The highest BCUT2D eigenvalue weighted by atomic mass is 16.4. The normalized spacial score (nSPS) is 19.6. The zero-order valence-corrected chi connectivity index (χ0v) is 10.1. The number of likely N-dealkylation sites (tertiary alicyclic amines) is 1. The molecule has 0 aliphatic carbocycles. The first-order valence-electron chi connectivity index (χ1n) is 5.86. The largest absolute Gasteiger partial charge is 0.480 e. The van der Waals surface area contributed by atoms with Crippen LogP contribution in [0.5, 0.6) is 0 Å². The van der Waals surface area contributed by atoms with Crippen LogP contribution in [-0.2, 0) is 9.59 Å². The summed E-state index contributed by atoms with van der Waals surface area (Å²) in [6, 6.07) is 2.87. The highest BCUT2D eigenvalue weighted by molar-refractivity contribution is 5.94. The summed E-state index contributed by atoms with van der Waals surface area (Å²) >= 11 is 0. The number of amides is 1. The van der Waals surface area contributed by atoms with E-state index in [9.17, 15) is 9.59 Å². The van der Waals surface area contributed by atoms with Crippen LogP contribution in [0.25, 0.3) is 6.08 Å². The minimum absolute atomic E-state index is 0.283. The minimum atomic E-state index is -0.942.